The maximum atomic E-state index is 12.2. The van der Waals surface area contributed by atoms with Crippen LogP contribution in [-0.4, -0.2) is 50.0 Å². The molecule has 0 saturated carbocycles. The Kier molecular flexibility index (Phi) is 5.85. The standard InChI is InChI=1S/C17H24N4O3S/c18-15-7-11-21(12-8-15)25(22,23)20-10-3-13-24-16-6-1-4-14-5-2-9-19-17(14)16/h1-2,4-6,9,15,20H,3,7-8,10-13,18H2. The van der Waals surface area contributed by atoms with E-state index in [2.05, 4.69) is 9.71 Å². The van der Waals surface area contributed by atoms with E-state index in [9.17, 15) is 8.42 Å². The molecule has 8 heteroatoms. The third-order valence-corrected chi connectivity index (χ3v) is 5.91. The third kappa shape index (κ3) is 4.66. The maximum Gasteiger partial charge on any atom is 0.279 e. The van der Waals surface area contributed by atoms with Crippen molar-refractivity contribution in [3.05, 3.63) is 36.5 Å². The number of fused-ring (bicyclic) bond motifs is 1. The molecular formula is C17H24N4O3S. The van der Waals surface area contributed by atoms with Gasteiger partial charge in [0.1, 0.15) is 11.3 Å². The fourth-order valence-electron chi connectivity index (χ4n) is 2.86. The number of piperidine rings is 1. The molecule has 136 valence electrons. The van der Waals surface area contributed by atoms with Crippen molar-refractivity contribution in [1.82, 2.24) is 14.0 Å². The molecule has 0 aliphatic carbocycles. The molecule has 2 heterocycles. The summed E-state index contributed by atoms with van der Waals surface area (Å²) in [5, 5.41) is 1.02. The Balaban J connectivity index is 1.45. The molecule has 1 aliphatic heterocycles. The van der Waals surface area contributed by atoms with E-state index < -0.39 is 10.2 Å². The highest BCUT2D eigenvalue weighted by molar-refractivity contribution is 7.87. The number of rotatable bonds is 7. The van der Waals surface area contributed by atoms with Gasteiger partial charge in [-0.15, -0.1) is 0 Å². The molecule has 0 radical (unpaired) electrons. The van der Waals surface area contributed by atoms with Gasteiger partial charge in [0.15, 0.2) is 0 Å². The van der Waals surface area contributed by atoms with Crippen molar-refractivity contribution in [3.8, 4) is 5.75 Å². The number of nitrogens with zero attached hydrogens (tertiary/aromatic N) is 2. The van der Waals surface area contributed by atoms with E-state index in [0.717, 1.165) is 10.9 Å². The zero-order chi connectivity index (χ0) is 17.7. The first-order valence-corrected chi connectivity index (χ1v) is 9.97. The molecule has 2 aromatic rings. The van der Waals surface area contributed by atoms with Crippen LogP contribution in [0.2, 0.25) is 0 Å². The highest BCUT2D eigenvalue weighted by Crippen LogP contribution is 2.22. The van der Waals surface area contributed by atoms with Crippen LogP contribution in [0.3, 0.4) is 0 Å². The molecule has 1 aromatic carbocycles. The zero-order valence-electron chi connectivity index (χ0n) is 14.1. The van der Waals surface area contributed by atoms with Crippen LogP contribution < -0.4 is 15.2 Å². The molecule has 1 aromatic heterocycles. The lowest BCUT2D eigenvalue weighted by Gasteiger charge is -2.29. The van der Waals surface area contributed by atoms with Crippen molar-refractivity contribution >= 4 is 21.1 Å². The summed E-state index contributed by atoms with van der Waals surface area (Å²) in [6.45, 7) is 1.72. The van der Waals surface area contributed by atoms with Crippen LogP contribution in [-0.2, 0) is 10.2 Å². The van der Waals surface area contributed by atoms with Gasteiger partial charge in [0.25, 0.3) is 10.2 Å². The quantitative estimate of drug-likeness (QED) is 0.721. The summed E-state index contributed by atoms with van der Waals surface area (Å²) in [7, 11) is -3.43. The molecule has 25 heavy (non-hydrogen) atoms. The summed E-state index contributed by atoms with van der Waals surface area (Å²) >= 11 is 0. The van der Waals surface area contributed by atoms with Crippen LogP contribution in [0.5, 0.6) is 5.75 Å². The van der Waals surface area contributed by atoms with Gasteiger partial charge < -0.3 is 10.5 Å². The Hall–Kier alpha value is -1.74. The summed E-state index contributed by atoms with van der Waals surface area (Å²) in [6, 6.07) is 9.74. The Morgan fingerprint density at radius 2 is 2.00 bits per heavy atom. The van der Waals surface area contributed by atoms with Crippen molar-refractivity contribution in [2.75, 3.05) is 26.2 Å². The Labute approximate surface area is 148 Å². The van der Waals surface area contributed by atoms with Crippen LogP contribution in [0.25, 0.3) is 10.9 Å². The maximum absolute atomic E-state index is 12.2. The first kappa shape index (κ1) is 18.1. The smallest absolute Gasteiger partial charge is 0.279 e. The Bertz CT molecular complexity index is 799. The molecule has 7 nitrogen and oxygen atoms in total. The molecule has 1 fully saturated rings. The van der Waals surface area contributed by atoms with Gasteiger partial charge in [0.2, 0.25) is 0 Å². The second-order valence-corrected chi connectivity index (χ2v) is 7.92. The number of hydrogen-bond donors (Lipinski definition) is 2. The van der Waals surface area contributed by atoms with Crippen molar-refractivity contribution in [2.24, 2.45) is 5.73 Å². The lowest BCUT2D eigenvalue weighted by molar-refractivity contribution is 0.306. The fourth-order valence-corrected chi connectivity index (χ4v) is 4.13. The van der Waals surface area contributed by atoms with Crippen molar-refractivity contribution < 1.29 is 13.2 Å². The van der Waals surface area contributed by atoms with Crippen molar-refractivity contribution in [1.29, 1.82) is 0 Å². The molecule has 0 unspecified atom stereocenters. The van der Waals surface area contributed by atoms with Crippen LogP contribution in [0, 0.1) is 0 Å². The minimum absolute atomic E-state index is 0.106. The highest BCUT2D eigenvalue weighted by atomic mass is 32.2. The Morgan fingerprint density at radius 3 is 2.80 bits per heavy atom. The van der Waals surface area contributed by atoms with Gasteiger partial charge in [-0.05, 0) is 31.4 Å². The summed E-state index contributed by atoms with van der Waals surface area (Å²) in [4.78, 5) is 4.33. The van der Waals surface area contributed by atoms with E-state index in [-0.39, 0.29) is 6.04 Å². The monoisotopic (exact) mass is 364 g/mol. The van der Waals surface area contributed by atoms with Gasteiger partial charge in [-0.3, -0.25) is 4.98 Å². The molecular weight excluding hydrogens is 340 g/mol. The number of hydrogen-bond acceptors (Lipinski definition) is 5. The zero-order valence-corrected chi connectivity index (χ0v) is 14.9. The van der Waals surface area contributed by atoms with E-state index in [0.29, 0.717) is 51.3 Å². The number of benzene rings is 1. The SMILES string of the molecule is NC1CCN(S(=O)(=O)NCCCOc2cccc3cccnc23)CC1. The first-order valence-electron chi connectivity index (χ1n) is 8.53. The number of aromatic nitrogens is 1. The first-order chi connectivity index (χ1) is 12.1. The van der Waals surface area contributed by atoms with E-state index in [1.165, 1.54) is 4.31 Å². The minimum Gasteiger partial charge on any atom is -0.491 e. The summed E-state index contributed by atoms with van der Waals surface area (Å²) in [5.74, 6) is 0.714. The second-order valence-electron chi connectivity index (χ2n) is 6.17. The summed E-state index contributed by atoms with van der Waals surface area (Å²) in [6.07, 6.45) is 3.72. The van der Waals surface area contributed by atoms with Gasteiger partial charge in [0, 0.05) is 37.3 Å². The Morgan fingerprint density at radius 1 is 1.24 bits per heavy atom. The van der Waals surface area contributed by atoms with Crippen LogP contribution >= 0.6 is 0 Å². The third-order valence-electron chi connectivity index (χ3n) is 4.30. The van der Waals surface area contributed by atoms with Gasteiger partial charge in [-0.2, -0.15) is 12.7 Å². The topological polar surface area (TPSA) is 97.5 Å². The number of pyridine rings is 1. The molecule has 1 aliphatic rings. The van der Waals surface area contributed by atoms with Crippen LogP contribution in [0.4, 0.5) is 0 Å². The van der Waals surface area contributed by atoms with E-state index in [4.69, 9.17) is 10.5 Å². The van der Waals surface area contributed by atoms with Crippen LogP contribution in [0.15, 0.2) is 36.5 Å². The molecule has 3 rings (SSSR count). The van der Waals surface area contributed by atoms with E-state index in [1.807, 2.05) is 30.3 Å². The molecule has 3 N–H and O–H groups in total. The van der Waals surface area contributed by atoms with E-state index >= 15 is 0 Å². The lowest BCUT2D eigenvalue weighted by atomic mass is 10.1. The number of nitrogens with two attached hydrogens (primary N) is 1. The second kappa shape index (κ2) is 8.09. The molecule has 0 atom stereocenters. The van der Waals surface area contributed by atoms with Gasteiger partial charge >= 0.3 is 0 Å². The van der Waals surface area contributed by atoms with Gasteiger partial charge in [0.05, 0.1) is 6.61 Å². The largest absolute Gasteiger partial charge is 0.491 e. The number of para-hydroxylation sites is 1. The van der Waals surface area contributed by atoms with E-state index in [1.54, 1.807) is 6.20 Å². The predicted octanol–water partition coefficient (Wildman–Crippen LogP) is 1.26. The summed E-state index contributed by atoms with van der Waals surface area (Å²) < 4.78 is 34.3. The molecule has 1 saturated heterocycles. The molecule has 0 spiro atoms. The van der Waals surface area contributed by atoms with Gasteiger partial charge in [-0.25, -0.2) is 4.72 Å². The van der Waals surface area contributed by atoms with Gasteiger partial charge in [-0.1, -0.05) is 18.2 Å². The molecule has 0 amide bonds. The average Bonchev–Trinajstić information content (AvgIpc) is 2.62. The number of ether oxygens (including phenoxy) is 1. The fraction of sp³-hybridized carbons (Fsp3) is 0.471. The average molecular weight is 364 g/mol. The minimum atomic E-state index is -3.43. The van der Waals surface area contributed by atoms with Crippen molar-refractivity contribution in [3.63, 3.8) is 0 Å². The number of nitrogens with one attached hydrogen (secondary N) is 1. The normalized spacial score (nSPS) is 17.0. The predicted molar refractivity (Wildman–Crippen MR) is 97.6 cm³/mol. The highest BCUT2D eigenvalue weighted by Gasteiger charge is 2.25. The lowest BCUT2D eigenvalue weighted by Crippen LogP contribution is -2.47. The van der Waals surface area contributed by atoms with Crippen molar-refractivity contribution in [2.45, 2.75) is 25.3 Å². The molecule has 0 bridgehead atoms. The summed E-state index contributed by atoms with van der Waals surface area (Å²) in [5.41, 5.74) is 6.63. The van der Waals surface area contributed by atoms with Crippen LogP contribution in [0.1, 0.15) is 19.3 Å².